The van der Waals surface area contributed by atoms with E-state index in [2.05, 4.69) is 29.6 Å². The summed E-state index contributed by atoms with van der Waals surface area (Å²) in [6.45, 7) is 0.707. The number of carbonyl (C=O) groups is 2. The number of benzene rings is 3. The number of carbonyl (C=O) groups excluding carboxylic acids is 1. The van der Waals surface area contributed by atoms with Gasteiger partial charge in [0, 0.05) is 12.5 Å². The molecule has 0 bridgehead atoms. The van der Waals surface area contributed by atoms with Gasteiger partial charge >= 0.3 is 12.1 Å². The first kappa shape index (κ1) is 21.7. The second-order valence-corrected chi connectivity index (χ2v) is 7.90. The SMILES string of the molecule is O=C(NCCC=Cc1ccc(C(=O)O)c(Cl)c1)OCC1c2ccccc2-c2ccccc21. The van der Waals surface area contributed by atoms with Gasteiger partial charge in [0.05, 0.1) is 10.6 Å². The molecule has 6 heteroatoms. The maximum absolute atomic E-state index is 12.2. The highest BCUT2D eigenvalue weighted by atomic mass is 35.5. The fourth-order valence-electron chi connectivity index (χ4n) is 3.93. The molecule has 0 aliphatic heterocycles. The Morgan fingerprint density at radius 3 is 2.28 bits per heavy atom. The molecule has 0 unspecified atom stereocenters. The van der Waals surface area contributed by atoms with Crippen molar-refractivity contribution in [1.82, 2.24) is 5.32 Å². The number of nitrogens with one attached hydrogen (secondary N) is 1. The molecule has 3 aromatic rings. The Bertz CT molecular complexity index is 1140. The maximum Gasteiger partial charge on any atom is 0.407 e. The highest BCUT2D eigenvalue weighted by Gasteiger charge is 2.28. The van der Waals surface area contributed by atoms with Crippen LogP contribution in [0.5, 0.6) is 0 Å². The number of aromatic carboxylic acids is 1. The number of hydrogen-bond donors (Lipinski definition) is 2. The Kier molecular flexibility index (Phi) is 6.57. The van der Waals surface area contributed by atoms with Crippen LogP contribution in [0.1, 0.15) is 39.4 Å². The van der Waals surface area contributed by atoms with Gasteiger partial charge < -0.3 is 15.2 Å². The summed E-state index contributed by atoms with van der Waals surface area (Å²) in [4.78, 5) is 23.2. The lowest BCUT2D eigenvalue weighted by Crippen LogP contribution is -2.26. The molecule has 1 aliphatic rings. The third kappa shape index (κ3) is 4.68. The zero-order valence-corrected chi connectivity index (χ0v) is 18.0. The van der Waals surface area contributed by atoms with E-state index in [4.69, 9.17) is 21.4 Å². The standard InChI is InChI=1S/C26H22ClNO4/c27-24-15-17(12-13-22(24)25(29)30)7-5-6-14-28-26(31)32-16-23-20-10-3-1-8-18(20)19-9-2-4-11-21(19)23/h1-5,7-13,15,23H,6,14,16H2,(H,28,31)(H,29,30). The second kappa shape index (κ2) is 9.71. The molecule has 0 saturated heterocycles. The zero-order valence-electron chi connectivity index (χ0n) is 17.3. The first-order chi connectivity index (χ1) is 15.5. The molecule has 0 atom stereocenters. The van der Waals surface area contributed by atoms with Crippen LogP contribution in [0.15, 0.2) is 72.8 Å². The molecule has 1 aliphatic carbocycles. The lowest BCUT2D eigenvalue weighted by Gasteiger charge is -2.14. The Morgan fingerprint density at radius 2 is 1.66 bits per heavy atom. The molecule has 32 heavy (non-hydrogen) atoms. The van der Waals surface area contributed by atoms with E-state index >= 15 is 0 Å². The van der Waals surface area contributed by atoms with Crippen molar-refractivity contribution in [2.45, 2.75) is 12.3 Å². The fourth-order valence-corrected chi connectivity index (χ4v) is 4.20. The molecule has 162 valence electrons. The quantitative estimate of drug-likeness (QED) is 0.437. The Hall–Kier alpha value is -3.57. The van der Waals surface area contributed by atoms with Crippen LogP contribution >= 0.6 is 11.6 Å². The molecular weight excluding hydrogens is 426 g/mol. The predicted molar refractivity (Wildman–Crippen MR) is 125 cm³/mol. The van der Waals surface area contributed by atoms with E-state index in [0.717, 1.165) is 5.56 Å². The average molecular weight is 448 g/mol. The number of carboxylic acid groups (broad SMARTS) is 1. The number of halogens is 1. The van der Waals surface area contributed by atoms with Gasteiger partial charge in [-0.2, -0.15) is 0 Å². The summed E-state index contributed by atoms with van der Waals surface area (Å²) in [7, 11) is 0. The zero-order chi connectivity index (χ0) is 22.5. The number of rotatable bonds is 7. The van der Waals surface area contributed by atoms with E-state index in [0.29, 0.717) is 13.0 Å². The molecule has 0 aromatic heterocycles. The van der Waals surface area contributed by atoms with Crippen molar-refractivity contribution in [1.29, 1.82) is 0 Å². The van der Waals surface area contributed by atoms with E-state index in [1.807, 2.05) is 36.4 Å². The van der Waals surface area contributed by atoms with Crippen LogP contribution in [0.4, 0.5) is 4.79 Å². The molecule has 0 fully saturated rings. The van der Waals surface area contributed by atoms with Crippen LogP contribution in [-0.2, 0) is 4.74 Å². The highest BCUT2D eigenvalue weighted by molar-refractivity contribution is 6.33. The van der Waals surface area contributed by atoms with Gasteiger partial charge in [0.25, 0.3) is 0 Å². The number of alkyl carbamates (subject to hydrolysis) is 1. The molecule has 1 amide bonds. The van der Waals surface area contributed by atoms with Gasteiger partial charge in [-0.3, -0.25) is 0 Å². The first-order valence-corrected chi connectivity index (χ1v) is 10.7. The fraction of sp³-hybridized carbons (Fsp3) is 0.154. The van der Waals surface area contributed by atoms with Crippen LogP contribution in [0, 0.1) is 0 Å². The molecule has 5 nitrogen and oxygen atoms in total. The van der Waals surface area contributed by atoms with Gasteiger partial charge in [0.2, 0.25) is 0 Å². The number of ether oxygens (including phenoxy) is 1. The summed E-state index contributed by atoms with van der Waals surface area (Å²) in [6.07, 6.45) is 3.86. The van der Waals surface area contributed by atoms with Gasteiger partial charge in [0.15, 0.2) is 0 Å². The summed E-state index contributed by atoms with van der Waals surface area (Å²) >= 11 is 5.97. The smallest absolute Gasteiger partial charge is 0.407 e. The van der Waals surface area contributed by atoms with E-state index in [1.165, 1.54) is 28.3 Å². The number of carboxylic acids is 1. The van der Waals surface area contributed by atoms with Gasteiger partial charge in [-0.1, -0.05) is 78.4 Å². The normalized spacial score (nSPS) is 12.4. The minimum absolute atomic E-state index is 0.0339. The van der Waals surface area contributed by atoms with Gasteiger partial charge in [-0.25, -0.2) is 9.59 Å². The molecule has 4 rings (SSSR count). The Balaban J connectivity index is 1.26. The molecule has 0 radical (unpaired) electrons. The third-order valence-corrected chi connectivity index (χ3v) is 5.77. The van der Waals surface area contributed by atoms with E-state index in [-0.39, 0.29) is 23.1 Å². The minimum Gasteiger partial charge on any atom is -0.478 e. The van der Waals surface area contributed by atoms with Gasteiger partial charge in [-0.05, 0) is 46.4 Å². The van der Waals surface area contributed by atoms with Crippen molar-refractivity contribution in [2.75, 3.05) is 13.2 Å². The van der Waals surface area contributed by atoms with Crippen LogP contribution < -0.4 is 5.32 Å². The highest BCUT2D eigenvalue weighted by Crippen LogP contribution is 2.44. The molecule has 0 saturated carbocycles. The topological polar surface area (TPSA) is 75.6 Å². The van der Waals surface area contributed by atoms with Crippen molar-refractivity contribution in [3.8, 4) is 11.1 Å². The second-order valence-electron chi connectivity index (χ2n) is 7.49. The molecule has 0 heterocycles. The summed E-state index contributed by atoms with van der Waals surface area (Å²) in [5.41, 5.74) is 5.60. The van der Waals surface area contributed by atoms with Crippen LogP contribution in [0.3, 0.4) is 0 Å². The van der Waals surface area contributed by atoms with Gasteiger partial charge in [-0.15, -0.1) is 0 Å². The summed E-state index contributed by atoms with van der Waals surface area (Å²) in [6, 6.07) is 21.2. The van der Waals surface area contributed by atoms with Crippen molar-refractivity contribution in [2.24, 2.45) is 0 Å². The summed E-state index contributed by atoms with van der Waals surface area (Å²) < 4.78 is 5.51. The number of amides is 1. The van der Waals surface area contributed by atoms with Crippen LogP contribution in [0.2, 0.25) is 5.02 Å². The molecule has 2 N–H and O–H groups in total. The third-order valence-electron chi connectivity index (χ3n) is 5.46. The van der Waals surface area contributed by atoms with Gasteiger partial charge in [0.1, 0.15) is 6.61 Å². The van der Waals surface area contributed by atoms with E-state index in [1.54, 1.807) is 12.1 Å². The summed E-state index contributed by atoms with van der Waals surface area (Å²) in [5.74, 6) is -1.02. The number of hydrogen-bond acceptors (Lipinski definition) is 3. The van der Waals surface area contributed by atoms with Crippen LogP contribution in [-0.4, -0.2) is 30.3 Å². The first-order valence-electron chi connectivity index (χ1n) is 10.3. The van der Waals surface area contributed by atoms with Crippen molar-refractivity contribution >= 4 is 29.7 Å². The van der Waals surface area contributed by atoms with Crippen molar-refractivity contribution in [3.63, 3.8) is 0 Å². The van der Waals surface area contributed by atoms with Crippen LogP contribution in [0.25, 0.3) is 17.2 Å². The summed E-state index contributed by atoms with van der Waals surface area (Å²) in [5, 5.41) is 12.0. The van der Waals surface area contributed by atoms with E-state index < -0.39 is 12.1 Å². The molecular formula is C26H22ClNO4. The maximum atomic E-state index is 12.2. The average Bonchev–Trinajstić information content (AvgIpc) is 3.11. The molecule has 0 spiro atoms. The predicted octanol–water partition coefficient (Wildman–Crippen LogP) is 5.98. The minimum atomic E-state index is -1.06. The number of fused-ring (bicyclic) bond motifs is 3. The van der Waals surface area contributed by atoms with E-state index in [9.17, 15) is 9.59 Å². The lowest BCUT2D eigenvalue weighted by atomic mass is 9.98. The Labute approximate surface area is 191 Å². The monoisotopic (exact) mass is 447 g/mol. The molecule has 3 aromatic carbocycles. The van der Waals surface area contributed by atoms with Crippen molar-refractivity contribution < 1.29 is 19.4 Å². The van der Waals surface area contributed by atoms with Crippen molar-refractivity contribution in [3.05, 3.63) is 100 Å². The largest absolute Gasteiger partial charge is 0.478 e. The Morgan fingerprint density at radius 1 is 1.00 bits per heavy atom. The lowest BCUT2D eigenvalue weighted by molar-refractivity contribution is 0.0697.